The second-order valence-electron chi connectivity index (χ2n) is 5.37. The first kappa shape index (κ1) is 13.8. The van der Waals surface area contributed by atoms with Gasteiger partial charge in [0.05, 0.1) is 17.9 Å². The van der Waals surface area contributed by atoms with Crippen LogP contribution in [0.3, 0.4) is 0 Å². The Hall–Kier alpha value is -1.60. The van der Waals surface area contributed by atoms with E-state index in [1.54, 1.807) is 6.07 Å². The fourth-order valence-corrected chi connectivity index (χ4v) is 2.74. The maximum absolute atomic E-state index is 13.1. The van der Waals surface area contributed by atoms with E-state index >= 15 is 0 Å². The van der Waals surface area contributed by atoms with E-state index in [2.05, 4.69) is 5.32 Å². The summed E-state index contributed by atoms with van der Waals surface area (Å²) in [5, 5.41) is 21.8. The molecule has 0 heterocycles. The lowest BCUT2D eigenvalue weighted by molar-refractivity contribution is 0.0944. The third-order valence-corrected chi connectivity index (χ3v) is 4.01. The molecule has 2 rings (SSSR count). The second-order valence-corrected chi connectivity index (χ2v) is 5.37. The highest BCUT2D eigenvalue weighted by molar-refractivity contribution is 5.57. The molecule has 0 aliphatic heterocycles. The highest BCUT2D eigenvalue weighted by Gasteiger charge is 2.31. The number of hydrogen-bond acceptors (Lipinski definition) is 3. The van der Waals surface area contributed by atoms with Gasteiger partial charge in [0.15, 0.2) is 0 Å². The van der Waals surface area contributed by atoms with Crippen molar-refractivity contribution in [3.05, 3.63) is 29.6 Å². The number of rotatable bonds is 4. The SMILES string of the molecule is N#Cc1cc(F)ccc1NCC1(CO)CCCCC1. The van der Waals surface area contributed by atoms with Crippen molar-refractivity contribution in [2.45, 2.75) is 32.1 Å². The standard InChI is InChI=1S/C15H19FN2O/c16-13-4-5-14(12(8-13)9-17)18-10-15(11-19)6-2-1-3-7-15/h4-5,8,18-19H,1-3,6-7,10-11H2. The van der Waals surface area contributed by atoms with Gasteiger partial charge in [-0.25, -0.2) is 4.39 Å². The van der Waals surface area contributed by atoms with Crippen molar-refractivity contribution in [2.24, 2.45) is 5.41 Å². The van der Waals surface area contributed by atoms with E-state index in [9.17, 15) is 9.50 Å². The molecule has 0 radical (unpaired) electrons. The number of hydrogen-bond donors (Lipinski definition) is 2. The second kappa shape index (κ2) is 6.03. The molecule has 1 saturated carbocycles. The molecule has 4 heteroatoms. The summed E-state index contributed by atoms with van der Waals surface area (Å²) < 4.78 is 13.1. The van der Waals surface area contributed by atoms with Gasteiger partial charge in [-0.1, -0.05) is 19.3 Å². The normalized spacial score (nSPS) is 17.7. The summed E-state index contributed by atoms with van der Waals surface area (Å²) in [6.45, 7) is 0.785. The van der Waals surface area contributed by atoms with E-state index in [1.807, 2.05) is 6.07 Å². The number of aliphatic hydroxyl groups excluding tert-OH is 1. The lowest BCUT2D eigenvalue weighted by atomic mass is 9.74. The van der Waals surface area contributed by atoms with Crippen LogP contribution in [0.5, 0.6) is 0 Å². The maximum Gasteiger partial charge on any atom is 0.124 e. The summed E-state index contributed by atoms with van der Waals surface area (Å²) in [5.41, 5.74) is 0.852. The number of halogens is 1. The van der Waals surface area contributed by atoms with Gasteiger partial charge in [-0.3, -0.25) is 0 Å². The Labute approximate surface area is 113 Å². The zero-order valence-corrected chi connectivity index (χ0v) is 11.0. The average Bonchev–Trinajstić information content (AvgIpc) is 2.47. The fraction of sp³-hybridized carbons (Fsp3) is 0.533. The number of aliphatic hydroxyl groups is 1. The summed E-state index contributed by atoms with van der Waals surface area (Å²) in [6.07, 6.45) is 5.49. The first-order valence-corrected chi connectivity index (χ1v) is 6.73. The molecule has 0 atom stereocenters. The van der Waals surface area contributed by atoms with Crippen LogP contribution in [0.4, 0.5) is 10.1 Å². The molecule has 19 heavy (non-hydrogen) atoms. The Kier molecular flexibility index (Phi) is 4.39. The first-order valence-electron chi connectivity index (χ1n) is 6.73. The van der Waals surface area contributed by atoms with Gasteiger partial charge >= 0.3 is 0 Å². The molecule has 1 aromatic carbocycles. The number of nitriles is 1. The lowest BCUT2D eigenvalue weighted by Crippen LogP contribution is -2.35. The minimum atomic E-state index is -0.406. The van der Waals surface area contributed by atoms with Crippen LogP contribution in [-0.2, 0) is 0 Å². The van der Waals surface area contributed by atoms with Crippen LogP contribution in [0.15, 0.2) is 18.2 Å². The Morgan fingerprint density at radius 2 is 2.05 bits per heavy atom. The molecule has 0 unspecified atom stereocenters. The van der Waals surface area contributed by atoms with Crippen LogP contribution in [-0.4, -0.2) is 18.3 Å². The third kappa shape index (κ3) is 3.24. The average molecular weight is 262 g/mol. The highest BCUT2D eigenvalue weighted by Crippen LogP contribution is 2.36. The van der Waals surface area contributed by atoms with Gasteiger partial charge in [0.25, 0.3) is 0 Å². The molecule has 0 amide bonds. The largest absolute Gasteiger partial charge is 0.396 e. The molecular weight excluding hydrogens is 243 g/mol. The van der Waals surface area contributed by atoms with Gasteiger partial charge in [0, 0.05) is 12.0 Å². The van der Waals surface area contributed by atoms with E-state index in [1.165, 1.54) is 18.6 Å². The van der Waals surface area contributed by atoms with Gasteiger partial charge in [0.1, 0.15) is 11.9 Å². The predicted molar refractivity (Wildman–Crippen MR) is 72.2 cm³/mol. The van der Waals surface area contributed by atoms with Gasteiger partial charge in [-0.05, 0) is 31.0 Å². The molecule has 1 aromatic rings. The van der Waals surface area contributed by atoms with Gasteiger partial charge < -0.3 is 10.4 Å². The van der Waals surface area contributed by atoms with E-state index in [0.29, 0.717) is 17.8 Å². The maximum atomic E-state index is 13.1. The first-order chi connectivity index (χ1) is 9.19. The molecule has 1 fully saturated rings. The van der Waals surface area contributed by atoms with Crippen molar-refractivity contribution in [3.8, 4) is 6.07 Å². The third-order valence-electron chi connectivity index (χ3n) is 4.01. The molecule has 1 aliphatic carbocycles. The number of nitrogens with zero attached hydrogens (tertiary/aromatic N) is 1. The Balaban J connectivity index is 2.07. The van der Waals surface area contributed by atoms with Crippen molar-refractivity contribution >= 4 is 5.69 Å². The van der Waals surface area contributed by atoms with E-state index < -0.39 is 5.82 Å². The Morgan fingerprint density at radius 1 is 1.32 bits per heavy atom. The molecule has 1 aliphatic rings. The van der Waals surface area contributed by atoms with Crippen molar-refractivity contribution < 1.29 is 9.50 Å². The van der Waals surface area contributed by atoms with Crippen molar-refractivity contribution in [2.75, 3.05) is 18.5 Å². The van der Waals surface area contributed by atoms with Crippen LogP contribution < -0.4 is 5.32 Å². The zero-order valence-electron chi connectivity index (χ0n) is 11.0. The van der Waals surface area contributed by atoms with Crippen LogP contribution in [0.25, 0.3) is 0 Å². The monoisotopic (exact) mass is 262 g/mol. The minimum Gasteiger partial charge on any atom is -0.396 e. The summed E-state index contributed by atoms with van der Waals surface area (Å²) in [7, 11) is 0. The van der Waals surface area contributed by atoms with Crippen LogP contribution >= 0.6 is 0 Å². The summed E-state index contributed by atoms with van der Waals surface area (Å²) >= 11 is 0. The van der Waals surface area contributed by atoms with Gasteiger partial charge in [-0.15, -0.1) is 0 Å². The topological polar surface area (TPSA) is 56.0 Å². The summed E-state index contributed by atoms with van der Waals surface area (Å²) in [4.78, 5) is 0. The number of benzene rings is 1. The van der Waals surface area contributed by atoms with Crippen LogP contribution in [0, 0.1) is 22.6 Å². The van der Waals surface area contributed by atoms with Gasteiger partial charge in [0.2, 0.25) is 0 Å². The Morgan fingerprint density at radius 3 is 2.68 bits per heavy atom. The molecule has 0 aromatic heterocycles. The fourth-order valence-electron chi connectivity index (χ4n) is 2.74. The number of anilines is 1. The summed E-state index contributed by atoms with van der Waals surface area (Å²) in [6, 6.07) is 6.15. The number of nitrogens with one attached hydrogen (secondary N) is 1. The molecule has 0 spiro atoms. The van der Waals surface area contributed by atoms with Crippen molar-refractivity contribution in [1.82, 2.24) is 0 Å². The van der Waals surface area contributed by atoms with E-state index in [-0.39, 0.29) is 12.0 Å². The molecule has 0 bridgehead atoms. The van der Waals surface area contributed by atoms with Crippen LogP contribution in [0.1, 0.15) is 37.7 Å². The molecule has 2 N–H and O–H groups in total. The lowest BCUT2D eigenvalue weighted by Gasteiger charge is -2.36. The molecule has 3 nitrogen and oxygen atoms in total. The van der Waals surface area contributed by atoms with Crippen LogP contribution in [0.2, 0.25) is 0 Å². The zero-order chi connectivity index (χ0) is 13.7. The highest BCUT2D eigenvalue weighted by atomic mass is 19.1. The van der Waals surface area contributed by atoms with Crippen molar-refractivity contribution in [3.63, 3.8) is 0 Å². The molecule has 0 saturated heterocycles. The van der Waals surface area contributed by atoms with E-state index in [4.69, 9.17) is 5.26 Å². The quantitative estimate of drug-likeness (QED) is 0.876. The van der Waals surface area contributed by atoms with Gasteiger partial charge in [-0.2, -0.15) is 5.26 Å². The summed E-state index contributed by atoms with van der Waals surface area (Å²) in [5.74, 6) is -0.406. The van der Waals surface area contributed by atoms with Crippen molar-refractivity contribution in [1.29, 1.82) is 5.26 Å². The van der Waals surface area contributed by atoms with E-state index in [0.717, 1.165) is 25.7 Å². The predicted octanol–water partition coefficient (Wildman–Crippen LogP) is 3.05. The molecular formula is C15H19FN2O. The molecule has 102 valence electrons. The Bertz CT molecular complexity index is 476. The smallest absolute Gasteiger partial charge is 0.124 e. The minimum absolute atomic E-state index is 0.0979.